The van der Waals surface area contributed by atoms with Crippen molar-refractivity contribution in [1.29, 1.82) is 0 Å². The molecule has 1 aliphatic heterocycles. The van der Waals surface area contributed by atoms with E-state index in [1.54, 1.807) is 19.2 Å². The Bertz CT molecular complexity index is 925. The van der Waals surface area contributed by atoms with Crippen LogP contribution >= 0.6 is 0 Å². The van der Waals surface area contributed by atoms with Gasteiger partial charge >= 0.3 is 0 Å². The molecule has 2 heterocycles. The van der Waals surface area contributed by atoms with E-state index in [9.17, 15) is 4.39 Å². The molecule has 0 radical (unpaired) electrons. The van der Waals surface area contributed by atoms with Crippen LogP contribution in [-0.4, -0.2) is 53.3 Å². The van der Waals surface area contributed by atoms with Gasteiger partial charge in [0, 0.05) is 37.0 Å². The normalized spacial score (nSPS) is 19.2. The molecule has 1 aromatic heterocycles. The molecule has 5 nitrogen and oxygen atoms in total. The van der Waals surface area contributed by atoms with Crippen LogP contribution in [0.25, 0.3) is 5.57 Å². The molecular formula is C26H34FN5. The smallest absolute Gasteiger partial charge is 0.223 e. The van der Waals surface area contributed by atoms with Crippen LogP contribution in [0.1, 0.15) is 62.6 Å². The van der Waals surface area contributed by atoms with E-state index in [1.807, 2.05) is 12.3 Å². The maximum Gasteiger partial charge on any atom is 0.223 e. The Kier molecular flexibility index (Phi) is 7.99. The zero-order valence-corrected chi connectivity index (χ0v) is 19.1. The summed E-state index contributed by atoms with van der Waals surface area (Å²) < 4.78 is 13.6. The van der Waals surface area contributed by atoms with E-state index in [4.69, 9.17) is 4.98 Å². The van der Waals surface area contributed by atoms with E-state index >= 15 is 0 Å². The van der Waals surface area contributed by atoms with E-state index < -0.39 is 0 Å². The highest BCUT2D eigenvalue weighted by atomic mass is 19.1. The van der Waals surface area contributed by atoms with Crippen LogP contribution in [-0.2, 0) is 0 Å². The monoisotopic (exact) mass is 435 g/mol. The molecule has 1 aliphatic carbocycles. The number of nitrogens with zero attached hydrogens (tertiary/aromatic N) is 4. The number of aromatic nitrogens is 2. The number of benzene rings is 1. The van der Waals surface area contributed by atoms with Crippen LogP contribution in [0.5, 0.6) is 0 Å². The third-order valence-electron chi connectivity index (χ3n) is 6.47. The van der Waals surface area contributed by atoms with Gasteiger partial charge in [0.05, 0.1) is 11.4 Å². The molecule has 2 aliphatic rings. The lowest BCUT2D eigenvalue weighted by molar-refractivity contribution is 0.252. The molecule has 1 aromatic carbocycles. The Hall–Kier alpha value is -2.60. The lowest BCUT2D eigenvalue weighted by Gasteiger charge is -2.25. The number of aliphatic imine (C=N–C) groups is 1. The Morgan fingerprint density at radius 1 is 1.06 bits per heavy atom. The summed E-state index contributed by atoms with van der Waals surface area (Å²) >= 11 is 0. The van der Waals surface area contributed by atoms with Gasteiger partial charge in [-0.15, -0.1) is 0 Å². The number of rotatable bonds is 7. The van der Waals surface area contributed by atoms with Crippen molar-refractivity contribution in [2.45, 2.75) is 57.4 Å². The first-order chi connectivity index (χ1) is 15.7. The van der Waals surface area contributed by atoms with Crippen molar-refractivity contribution < 1.29 is 4.39 Å². The number of halogens is 1. The number of piperidine rings is 1. The number of anilines is 1. The van der Waals surface area contributed by atoms with Gasteiger partial charge in [-0.25, -0.2) is 14.4 Å². The van der Waals surface area contributed by atoms with Crippen molar-refractivity contribution in [2.75, 3.05) is 32.0 Å². The maximum atomic E-state index is 13.6. The van der Waals surface area contributed by atoms with Crippen LogP contribution in [0.4, 0.5) is 10.3 Å². The summed E-state index contributed by atoms with van der Waals surface area (Å²) in [6.07, 6.45) is 14.0. The first-order valence-electron chi connectivity index (χ1n) is 12.0. The molecule has 1 N–H and O–H groups in total. The predicted molar refractivity (Wildman–Crippen MR) is 130 cm³/mol. The molecule has 0 atom stereocenters. The third-order valence-corrected chi connectivity index (χ3v) is 6.47. The second kappa shape index (κ2) is 11.3. The average Bonchev–Trinajstić information content (AvgIpc) is 2.84. The maximum absolute atomic E-state index is 13.6. The fourth-order valence-electron chi connectivity index (χ4n) is 4.71. The van der Waals surface area contributed by atoms with Gasteiger partial charge in [-0.3, -0.25) is 9.89 Å². The summed E-state index contributed by atoms with van der Waals surface area (Å²) in [6.45, 7) is 3.10. The van der Waals surface area contributed by atoms with Gasteiger partial charge in [0.25, 0.3) is 0 Å². The first kappa shape index (κ1) is 22.6. The minimum absolute atomic E-state index is 0.246. The number of nitrogens with one attached hydrogen (secondary N) is 1. The van der Waals surface area contributed by atoms with Crippen molar-refractivity contribution in [1.82, 2.24) is 14.9 Å². The average molecular weight is 436 g/mol. The summed E-state index contributed by atoms with van der Waals surface area (Å²) in [7, 11) is 1.79. The van der Waals surface area contributed by atoms with Gasteiger partial charge in [0.1, 0.15) is 5.82 Å². The summed E-state index contributed by atoms with van der Waals surface area (Å²) in [5.41, 5.74) is 3.53. The van der Waals surface area contributed by atoms with Crippen molar-refractivity contribution >= 4 is 17.2 Å². The van der Waals surface area contributed by atoms with Crippen molar-refractivity contribution in [3.63, 3.8) is 0 Å². The molecule has 1 saturated carbocycles. The van der Waals surface area contributed by atoms with Crippen molar-refractivity contribution in [3.05, 3.63) is 59.7 Å². The SMILES string of the molecule is CN=C(/C(=C/CN1CCCCC1)c1ccnc(NC2CCCCC2)n1)c1ccc(F)cc1. The summed E-state index contributed by atoms with van der Waals surface area (Å²) in [5.74, 6) is 0.428. The zero-order valence-electron chi connectivity index (χ0n) is 19.1. The number of allylic oxidation sites excluding steroid dienone is 1. The molecule has 0 amide bonds. The molecular weight excluding hydrogens is 401 g/mol. The molecule has 0 unspecified atom stereocenters. The minimum Gasteiger partial charge on any atom is -0.351 e. The predicted octanol–water partition coefficient (Wildman–Crippen LogP) is 5.35. The van der Waals surface area contributed by atoms with Gasteiger partial charge in [-0.2, -0.15) is 0 Å². The van der Waals surface area contributed by atoms with Crippen LogP contribution in [0.2, 0.25) is 0 Å². The molecule has 0 bridgehead atoms. The highest BCUT2D eigenvalue weighted by Gasteiger charge is 2.18. The van der Waals surface area contributed by atoms with E-state index in [-0.39, 0.29) is 5.82 Å². The summed E-state index contributed by atoms with van der Waals surface area (Å²) in [5, 5.41) is 3.54. The van der Waals surface area contributed by atoms with E-state index in [0.717, 1.165) is 42.2 Å². The van der Waals surface area contributed by atoms with Gasteiger partial charge < -0.3 is 5.32 Å². The molecule has 2 aromatic rings. The Morgan fingerprint density at radius 2 is 1.78 bits per heavy atom. The second-order valence-corrected chi connectivity index (χ2v) is 8.80. The highest BCUT2D eigenvalue weighted by molar-refractivity contribution is 6.31. The third kappa shape index (κ3) is 6.00. The summed E-state index contributed by atoms with van der Waals surface area (Å²) in [6, 6.07) is 8.93. The van der Waals surface area contributed by atoms with Gasteiger partial charge in [-0.1, -0.05) is 31.8 Å². The number of hydrogen-bond donors (Lipinski definition) is 1. The van der Waals surface area contributed by atoms with Crippen LogP contribution < -0.4 is 5.32 Å². The molecule has 4 rings (SSSR count). The topological polar surface area (TPSA) is 53.4 Å². The van der Waals surface area contributed by atoms with Gasteiger partial charge in [0.2, 0.25) is 5.95 Å². The van der Waals surface area contributed by atoms with Crippen LogP contribution in [0.15, 0.2) is 47.6 Å². The minimum atomic E-state index is -0.246. The fraction of sp³-hybridized carbons (Fsp3) is 0.500. The molecule has 32 heavy (non-hydrogen) atoms. The lowest BCUT2D eigenvalue weighted by atomic mass is 9.96. The van der Waals surface area contributed by atoms with Gasteiger partial charge in [0.15, 0.2) is 0 Å². The summed E-state index contributed by atoms with van der Waals surface area (Å²) in [4.78, 5) is 16.4. The first-order valence-corrected chi connectivity index (χ1v) is 12.0. The molecule has 170 valence electrons. The molecule has 0 spiro atoms. The van der Waals surface area contributed by atoms with Crippen LogP contribution in [0, 0.1) is 5.82 Å². The van der Waals surface area contributed by atoms with Crippen molar-refractivity contribution in [3.8, 4) is 0 Å². The molecule has 1 saturated heterocycles. The largest absolute Gasteiger partial charge is 0.351 e. The zero-order chi connectivity index (χ0) is 22.2. The highest BCUT2D eigenvalue weighted by Crippen LogP contribution is 2.23. The molecule has 2 fully saturated rings. The standard InChI is InChI=1S/C26H34FN5/c1-28-25(20-10-12-21(27)13-11-20)23(15-19-32-17-6-3-7-18-32)24-14-16-29-26(31-24)30-22-8-4-2-5-9-22/h10-16,22H,2-9,17-19H2,1H3,(H,29,30,31)/b23-15+,28-25?. The quantitative estimate of drug-likeness (QED) is 0.596. The second-order valence-electron chi connectivity index (χ2n) is 8.80. The van der Waals surface area contributed by atoms with E-state index in [2.05, 4.69) is 26.3 Å². The number of hydrogen-bond acceptors (Lipinski definition) is 5. The van der Waals surface area contributed by atoms with Crippen molar-refractivity contribution in [2.24, 2.45) is 4.99 Å². The Balaban J connectivity index is 1.63. The van der Waals surface area contributed by atoms with E-state index in [0.29, 0.717) is 12.0 Å². The van der Waals surface area contributed by atoms with Gasteiger partial charge in [-0.05, 0) is 69.1 Å². The van der Waals surface area contributed by atoms with Crippen LogP contribution in [0.3, 0.4) is 0 Å². The van der Waals surface area contributed by atoms with E-state index in [1.165, 1.54) is 63.5 Å². The fourth-order valence-corrected chi connectivity index (χ4v) is 4.71. The lowest BCUT2D eigenvalue weighted by Crippen LogP contribution is -2.30. The Labute approximate surface area is 190 Å². The number of likely N-dealkylation sites (tertiary alicyclic amines) is 1. The Morgan fingerprint density at radius 3 is 2.50 bits per heavy atom. The molecule has 6 heteroatoms.